The molecular weight excluding hydrogens is 371 g/mol. The van der Waals surface area contributed by atoms with Gasteiger partial charge < -0.3 is 10.0 Å². The van der Waals surface area contributed by atoms with Crippen LogP contribution in [-0.4, -0.2) is 41.1 Å². The number of halogens is 3. The van der Waals surface area contributed by atoms with Crippen molar-refractivity contribution >= 4 is 11.9 Å². The first-order chi connectivity index (χ1) is 13.2. The molecule has 0 atom stereocenters. The number of hydrogen-bond donors (Lipinski definition) is 1. The molecule has 154 valence electrons. The number of nitrogens with zero attached hydrogens (tertiary/aromatic N) is 1. The molecule has 1 aromatic rings. The van der Waals surface area contributed by atoms with Crippen molar-refractivity contribution in [2.24, 2.45) is 11.8 Å². The molecule has 1 amide bonds. The summed E-state index contributed by atoms with van der Waals surface area (Å²) in [5, 5.41) is 9.82. The van der Waals surface area contributed by atoms with E-state index in [9.17, 15) is 27.9 Å². The van der Waals surface area contributed by atoms with E-state index in [4.69, 9.17) is 0 Å². The van der Waals surface area contributed by atoms with E-state index >= 15 is 0 Å². The number of aliphatic carboxylic acids is 1. The fourth-order valence-electron chi connectivity index (χ4n) is 4.59. The third-order valence-corrected chi connectivity index (χ3v) is 6.48. The van der Waals surface area contributed by atoms with E-state index in [0.29, 0.717) is 38.8 Å². The minimum atomic E-state index is -4.14. The van der Waals surface area contributed by atoms with Crippen molar-refractivity contribution in [3.8, 4) is 0 Å². The van der Waals surface area contributed by atoms with Crippen LogP contribution in [0, 0.1) is 11.8 Å². The molecule has 1 N–H and O–H groups in total. The normalized spacial score (nSPS) is 25.3. The van der Waals surface area contributed by atoms with Gasteiger partial charge in [0, 0.05) is 19.5 Å². The summed E-state index contributed by atoms with van der Waals surface area (Å²) < 4.78 is 38.3. The molecule has 2 aliphatic rings. The third-order valence-electron chi connectivity index (χ3n) is 6.48. The maximum absolute atomic E-state index is 12.8. The molecule has 1 aliphatic heterocycles. The molecule has 0 bridgehead atoms. The Balaban J connectivity index is 1.55. The average Bonchev–Trinajstić information content (AvgIpc) is 2.68. The summed E-state index contributed by atoms with van der Waals surface area (Å²) in [6, 6.07) is 9.09. The first-order valence-electron chi connectivity index (χ1n) is 9.86. The highest BCUT2D eigenvalue weighted by atomic mass is 19.4. The van der Waals surface area contributed by atoms with Gasteiger partial charge in [0.25, 0.3) is 0 Å². The van der Waals surface area contributed by atoms with Crippen LogP contribution in [0.15, 0.2) is 30.3 Å². The van der Waals surface area contributed by atoms with E-state index in [1.54, 1.807) is 4.90 Å². The number of amides is 1. The zero-order valence-corrected chi connectivity index (χ0v) is 15.8. The Labute approximate surface area is 162 Å². The second-order valence-electron chi connectivity index (χ2n) is 8.10. The fourth-order valence-corrected chi connectivity index (χ4v) is 4.59. The van der Waals surface area contributed by atoms with Crippen LogP contribution in [-0.2, 0) is 15.0 Å². The minimum absolute atomic E-state index is 0.00798. The minimum Gasteiger partial charge on any atom is -0.481 e. The Kier molecular flexibility index (Phi) is 6.01. The van der Waals surface area contributed by atoms with Gasteiger partial charge in [-0.1, -0.05) is 30.3 Å². The number of carbonyl (C=O) groups excluding carboxylic acids is 1. The van der Waals surface area contributed by atoms with Crippen LogP contribution in [0.25, 0.3) is 0 Å². The highest BCUT2D eigenvalue weighted by Gasteiger charge is 2.45. The smallest absolute Gasteiger partial charge is 0.391 e. The SMILES string of the molecule is O=C(CC1CCC(C(F)(F)F)CC1)N1CCC(C(=O)O)(c2ccccc2)CC1. The largest absolute Gasteiger partial charge is 0.481 e. The monoisotopic (exact) mass is 397 g/mol. The maximum atomic E-state index is 12.8. The average molecular weight is 397 g/mol. The van der Waals surface area contributed by atoms with E-state index < -0.39 is 23.5 Å². The zero-order chi connectivity index (χ0) is 20.4. The first-order valence-corrected chi connectivity index (χ1v) is 9.86. The molecule has 0 unspecified atom stereocenters. The molecule has 1 aromatic carbocycles. The van der Waals surface area contributed by atoms with Gasteiger partial charge in [0.1, 0.15) is 0 Å². The number of likely N-dealkylation sites (tertiary alicyclic amines) is 1. The Bertz CT molecular complexity index is 689. The number of carbonyl (C=O) groups is 2. The molecule has 1 aliphatic carbocycles. The highest BCUT2D eigenvalue weighted by Crippen LogP contribution is 2.41. The number of hydrogen-bond acceptors (Lipinski definition) is 2. The standard InChI is InChI=1S/C21H26F3NO3/c22-21(23,24)17-8-6-15(7-9-17)14-18(26)25-12-10-20(11-13-25,19(27)28)16-4-2-1-3-5-16/h1-5,15,17H,6-14H2,(H,27,28). The van der Waals surface area contributed by atoms with Gasteiger partial charge in [-0.25, -0.2) is 0 Å². The molecular formula is C21H26F3NO3. The summed E-state index contributed by atoms with van der Waals surface area (Å²) in [7, 11) is 0. The molecule has 28 heavy (non-hydrogen) atoms. The lowest BCUT2D eigenvalue weighted by Gasteiger charge is -2.40. The van der Waals surface area contributed by atoms with Crippen LogP contribution in [0.2, 0.25) is 0 Å². The van der Waals surface area contributed by atoms with Crippen LogP contribution in [0.1, 0.15) is 50.5 Å². The van der Waals surface area contributed by atoms with Gasteiger partial charge in [-0.15, -0.1) is 0 Å². The quantitative estimate of drug-likeness (QED) is 0.820. The Morgan fingerprint density at radius 1 is 1.04 bits per heavy atom. The number of benzene rings is 1. The van der Waals surface area contributed by atoms with E-state index in [0.717, 1.165) is 5.56 Å². The van der Waals surface area contributed by atoms with Crippen LogP contribution < -0.4 is 0 Å². The van der Waals surface area contributed by atoms with Crippen LogP contribution in [0.4, 0.5) is 13.2 Å². The van der Waals surface area contributed by atoms with Crippen molar-refractivity contribution in [3.63, 3.8) is 0 Å². The van der Waals surface area contributed by atoms with Crippen LogP contribution >= 0.6 is 0 Å². The Hall–Kier alpha value is -2.05. The molecule has 1 heterocycles. The van der Waals surface area contributed by atoms with Gasteiger partial charge in [0.05, 0.1) is 11.3 Å². The number of carboxylic acid groups (broad SMARTS) is 1. The topological polar surface area (TPSA) is 57.6 Å². The molecule has 1 saturated heterocycles. The van der Waals surface area contributed by atoms with Gasteiger partial charge in [-0.2, -0.15) is 13.2 Å². The molecule has 3 rings (SSSR count). The summed E-state index contributed by atoms with van der Waals surface area (Å²) in [6.07, 6.45) is -2.15. The molecule has 4 nitrogen and oxygen atoms in total. The van der Waals surface area contributed by atoms with E-state index in [2.05, 4.69) is 0 Å². The summed E-state index contributed by atoms with van der Waals surface area (Å²) in [5.41, 5.74) is -0.233. The van der Waals surface area contributed by atoms with Gasteiger partial charge in [0.2, 0.25) is 5.91 Å². The number of rotatable bonds is 4. The summed E-state index contributed by atoms with van der Waals surface area (Å²) >= 11 is 0. The fraction of sp³-hybridized carbons (Fsp3) is 0.619. The maximum Gasteiger partial charge on any atom is 0.391 e. The van der Waals surface area contributed by atoms with Crippen molar-refractivity contribution in [2.45, 2.75) is 56.5 Å². The molecule has 7 heteroatoms. The van der Waals surface area contributed by atoms with Crippen molar-refractivity contribution in [3.05, 3.63) is 35.9 Å². The lowest BCUT2D eigenvalue weighted by atomic mass is 9.72. The van der Waals surface area contributed by atoms with Crippen molar-refractivity contribution in [1.29, 1.82) is 0 Å². The van der Waals surface area contributed by atoms with Crippen molar-refractivity contribution < 1.29 is 27.9 Å². The molecule has 0 aromatic heterocycles. The predicted octanol–water partition coefficient (Wildman–Crippen LogP) is 4.39. The third kappa shape index (κ3) is 4.33. The second kappa shape index (κ2) is 8.13. The Morgan fingerprint density at radius 2 is 1.61 bits per heavy atom. The van der Waals surface area contributed by atoms with Gasteiger partial charge >= 0.3 is 12.1 Å². The second-order valence-corrected chi connectivity index (χ2v) is 8.10. The highest BCUT2D eigenvalue weighted by molar-refractivity contribution is 5.82. The Morgan fingerprint density at radius 3 is 2.11 bits per heavy atom. The van der Waals surface area contributed by atoms with Gasteiger partial charge in [-0.05, 0) is 50.0 Å². The van der Waals surface area contributed by atoms with Crippen molar-refractivity contribution in [1.82, 2.24) is 4.90 Å². The first kappa shape index (κ1) is 20.7. The summed E-state index contributed by atoms with van der Waals surface area (Å²) in [4.78, 5) is 26.3. The van der Waals surface area contributed by atoms with Gasteiger partial charge in [0.15, 0.2) is 0 Å². The van der Waals surface area contributed by atoms with E-state index in [1.807, 2.05) is 30.3 Å². The zero-order valence-electron chi connectivity index (χ0n) is 15.8. The lowest BCUT2D eigenvalue weighted by Crippen LogP contribution is -2.49. The molecule has 0 spiro atoms. The van der Waals surface area contributed by atoms with Crippen LogP contribution in [0.3, 0.4) is 0 Å². The van der Waals surface area contributed by atoms with Crippen LogP contribution in [0.5, 0.6) is 0 Å². The van der Waals surface area contributed by atoms with Gasteiger partial charge in [-0.3, -0.25) is 9.59 Å². The van der Waals surface area contributed by atoms with E-state index in [1.165, 1.54) is 0 Å². The van der Waals surface area contributed by atoms with E-state index in [-0.39, 0.29) is 31.1 Å². The number of piperidine rings is 1. The molecule has 2 fully saturated rings. The molecule has 0 radical (unpaired) electrons. The number of alkyl halides is 3. The molecule has 1 saturated carbocycles. The summed E-state index contributed by atoms with van der Waals surface area (Å²) in [5.74, 6) is -2.19. The number of carboxylic acids is 1. The lowest BCUT2D eigenvalue weighted by molar-refractivity contribution is -0.184. The van der Waals surface area contributed by atoms with Crippen molar-refractivity contribution in [2.75, 3.05) is 13.1 Å². The predicted molar refractivity (Wildman–Crippen MR) is 97.7 cm³/mol. The summed E-state index contributed by atoms with van der Waals surface area (Å²) in [6.45, 7) is 0.718.